The second-order valence-corrected chi connectivity index (χ2v) is 15.4. The monoisotopic (exact) mass is 796 g/mol. The third-order valence-corrected chi connectivity index (χ3v) is 11.2. The van der Waals surface area contributed by atoms with E-state index in [-0.39, 0.29) is 31.1 Å². The number of rotatable bonds is 18. The van der Waals surface area contributed by atoms with Crippen LogP contribution in [-0.4, -0.2) is 38.9 Å². The summed E-state index contributed by atoms with van der Waals surface area (Å²) in [6.45, 7) is 0.382. The number of carbonyl (C=O) groups excluding carboxylic acids is 1. The molecule has 3 atom stereocenters. The van der Waals surface area contributed by atoms with Crippen molar-refractivity contribution in [3.8, 4) is 33.7 Å². The normalized spacial score (nSPS) is 16.5. The Kier molecular flexibility index (Phi) is 14.2. The van der Waals surface area contributed by atoms with Gasteiger partial charge in [-0.1, -0.05) is 158 Å². The van der Waals surface area contributed by atoms with Crippen molar-refractivity contribution in [1.29, 1.82) is 0 Å². The van der Waals surface area contributed by atoms with Crippen molar-refractivity contribution in [3.05, 3.63) is 156 Å². The van der Waals surface area contributed by atoms with E-state index in [4.69, 9.17) is 24.0 Å². The second kappa shape index (κ2) is 20.3. The summed E-state index contributed by atoms with van der Waals surface area (Å²) in [5.41, 5.74) is 8.54. The van der Waals surface area contributed by atoms with Gasteiger partial charge in [0.2, 0.25) is 5.91 Å². The van der Waals surface area contributed by atoms with Crippen molar-refractivity contribution in [2.75, 3.05) is 5.75 Å². The van der Waals surface area contributed by atoms with Crippen molar-refractivity contribution in [3.63, 3.8) is 0 Å². The molecule has 1 aliphatic heterocycles. The van der Waals surface area contributed by atoms with Crippen LogP contribution in [0, 0.1) is 0 Å². The lowest BCUT2D eigenvalue weighted by atomic mass is 9.97. The average molecular weight is 797 g/mol. The first-order valence-electron chi connectivity index (χ1n) is 19.9. The van der Waals surface area contributed by atoms with Crippen molar-refractivity contribution in [2.45, 2.75) is 81.8 Å². The third-order valence-electron chi connectivity index (χ3n) is 10.2. The Morgan fingerprint density at radius 3 is 2.07 bits per heavy atom. The number of aliphatic hydroxyl groups excluding tert-OH is 1. The number of aliphatic carboxylic acids is 1. The molecule has 2 heterocycles. The minimum Gasteiger partial charge on any atom is -0.481 e. The van der Waals surface area contributed by atoms with E-state index < -0.39 is 12.3 Å². The first-order valence-corrected chi connectivity index (χ1v) is 20.8. The molecule has 0 bridgehead atoms. The zero-order valence-electron chi connectivity index (χ0n) is 32.3. The summed E-state index contributed by atoms with van der Waals surface area (Å²) in [5, 5.41) is 22.1. The molecule has 3 unspecified atom stereocenters. The smallest absolute Gasteiger partial charge is 0.303 e. The zero-order chi connectivity index (χ0) is 40.1. The van der Waals surface area contributed by atoms with Gasteiger partial charge in [-0.15, -0.1) is 0 Å². The number of oxazole rings is 1. The Bertz CT molecular complexity index is 2170. The molecule has 1 aliphatic rings. The van der Waals surface area contributed by atoms with Gasteiger partial charge in [0.15, 0.2) is 12.1 Å². The van der Waals surface area contributed by atoms with Crippen LogP contribution in [-0.2, 0) is 32.2 Å². The van der Waals surface area contributed by atoms with Crippen LogP contribution in [0.5, 0.6) is 0 Å². The highest BCUT2D eigenvalue weighted by molar-refractivity contribution is 7.99. The van der Waals surface area contributed by atoms with Crippen LogP contribution in [0.15, 0.2) is 143 Å². The van der Waals surface area contributed by atoms with Gasteiger partial charge in [0.1, 0.15) is 5.69 Å². The fourth-order valence-corrected chi connectivity index (χ4v) is 7.94. The van der Waals surface area contributed by atoms with Gasteiger partial charge >= 0.3 is 5.97 Å². The van der Waals surface area contributed by atoms with E-state index in [0.29, 0.717) is 36.8 Å². The number of carboxylic acid groups (broad SMARTS) is 1. The largest absolute Gasteiger partial charge is 0.481 e. The highest BCUT2D eigenvalue weighted by Crippen LogP contribution is 2.41. The fourth-order valence-electron chi connectivity index (χ4n) is 7.10. The van der Waals surface area contributed by atoms with Gasteiger partial charge in [0.05, 0.1) is 18.8 Å². The zero-order valence-corrected chi connectivity index (χ0v) is 33.1. The van der Waals surface area contributed by atoms with E-state index in [1.165, 1.54) is 11.8 Å². The number of ether oxygens (including phenoxy) is 2. The maximum Gasteiger partial charge on any atom is 0.303 e. The molecule has 6 aromatic rings. The Hall–Kier alpha value is -5.52. The molecule has 7 rings (SSSR count). The quantitative estimate of drug-likeness (QED) is 0.0574. The maximum atomic E-state index is 12.6. The van der Waals surface area contributed by atoms with Gasteiger partial charge in [-0.25, -0.2) is 4.98 Å². The van der Waals surface area contributed by atoms with Crippen molar-refractivity contribution in [1.82, 2.24) is 10.3 Å². The first-order chi connectivity index (χ1) is 28.4. The lowest BCUT2D eigenvalue weighted by molar-refractivity contribution is -0.245. The number of carbonyl (C=O) groups is 2. The number of amides is 1. The van der Waals surface area contributed by atoms with Crippen LogP contribution in [0.4, 0.5) is 0 Å². The van der Waals surface area contributed by atoms with Gasteiger partial charge in [0.25, 0.3) is 5.22 Å². The third kappa shape index (κ3) is 10.9. The van der Waals surface area contributed by atoms with Crippen LogP contribution in [0.1, 0.15) is 79.6 Å². The number of nitrogens with one attached hydrogen (secondary N) is 1. The standard InChI is InChI=1S/C48H48N2O7S/c51-31-33-21-23-35(24-22-33)42-29-40(32-58-48-50-45(36-13-5-3-6-14-36)46(57-48)37-15-7-4-8-16-37)55-47(56-42)38-27-25-34(26-28-38)41-18-12-11-17-39(41)30-49-43(52)19-9-1-2-10-20-44(53)54/h3-8,11-18,21-28,40,42,47,51H,1-2,9-10,19-20,29-32H2,(H,49,52)(H,53,54). The van der Waals surface area contributed by atoms with Crippen molar-refractivity contribution < 1.29 is 33.7 Å². The Balaban J connectivity index is 1.04. The number of benzene rings is 5. The van der Waals surface area contributed by atoms with E-state index in [9.17, 15) is 14.7 Å². The molecule has 0 radical (unpaired) electrons. The molecular formula is C48H48N2O7S. The van der Waals surface area contributed by atoms with Gasteiger partial charge in [-0.3, -0.25) is 9.59 Å². The molecule has 0 aliphatic carbocycles. The summed E-state index contributed by atoms with van der Waals surface area (Å²) in [5.74, 6) is 0.527. The highest BCUT2D eigenvalue weighted by atomic mass is 32.2. The van der Waals surface area contributed by atoms with Crippen LogP contribution in [0.25, 0.3) is 33.7 Å². The molecular weight excluding hydrogens is 749 g/mol. The number of hydrogen-bond acceptors (Lipinski definition) is 8. The summed E-state index contributed by atoms with van der Waals surface area (Å²) in [7, 11) is 0. The van der Waals surface area contributed by atoms with Crippen LogP contribution in [0.2, 0.25) is 0 Å². The lowest BCUT2D eigenvalue weighted by Gasteiger charge is -2.36. The van der Waals surface area contributed by atoms with E-state index >= 15 is 0 Å². The average Bonchev–Trinajstić information content (AvgIpc) is 3.71. The molecule has 1 amide bonds. The second-order valence-electron chi connectivity index (χ2n) is 14.4. The number of aromatic nitrogens is 1. The Labute approximate surface area is 343 Å². The van der Waals surface area contributed by atoms with E-state index in [0.717, 1.165) is 75.2 Å². The fraction of sp³-hybridized carbons (Fsp3) is 0.271. The first kappa shape index (κ1) is 40.7. The van der Waals surface area contributed by atoms with Crippen molar-refractivity contribution >= 4 is 23.6 Å². The molecule has 9 nitrogen and oxygen atoms in total. The minimum absolute atomic E-state index is 0.0145. The number of nitrogens with zero attached hydrogens (tertiary/aromatic N) is 1. The molecule has 10 heteroatoms. The molecule has 58 heavy (non-hydrogen) atoms. The van der Waals surface area contributed by atoms with Crippen LogP contribution in [0.3, 0.4) is 0 Å². The number of hydrogen-bond donors (Lipinski definition) is 3. The number of unbranched alkanes of at least 4 members (excludes halogenated alkanes) is 3. The SMILES string of the molecule is O=C(O)CCCCCCC(=O)NCc1ccccc1-c1ccc(C2OC(CSc3nc(-c4ccccc4)c(-c4ccccc4)o3)CC(c3ccc(CO)cc3)O2)cc1. The van der Waals surface area contributed by atoms with Gasteiger partial charge in [0, 0.05) is 48.3 Å². The van der Waals surface area contributed by atoms with E-state index in [2.05, 4.69) is 23.5 Å². The summed E-state index contributed by atoms with van der Waals surface area (Å²) in [6.07, 6.45) is 3.17. The summed E-state index contributed by atoms with van der Waals surface area (Å²) in [4.78, 5) is 28.3. The molecule has 0 saturated carbocycles. The predicted octanol–water partition coefficient (Wildman–Crippen LogP) is 10.5. The minimum atomic E-state index is -0.782. The van der Waals surface area contributed by atoms with Gasteiger partial charge in [-0.05, 0) is 40.7 Å². The van der Waals surface area contributed by atoms with Crippen molar-refractivity contribution in [2.24, 2.45) is 0 Å². The van der Waals surface area contributed by atoms with Gasteiger partial charge < -0.3 is 29.4 Å². The van der Waals surface area contributed by atoms with Crippen LogP contribution >= 0.6 is 11.8 Å². The molecule has 1 saturated heterocycles. The topological polar surface area (TPSA) is 131 Å². The molecule has 5 aromatic carbocycles. The number of thioether (sulfide) groups is 1. The molecule has 3 N–H and O–H groups in total. The molecule has 1 fully saturated rings. The Morgan fingerprint density at radius 2 is 1.36 bits per heavy atom. The van der Waals surface area contributed by atoms with E-state index in [1.54, 1.807) is 0 Å². The number of carboxylic acids is 1. The molecule has 0 spiro atoms. The molecule has 298 valence electrons. The number of aliphatic hydroxyl groups is 1. The summed E-state index contributed by atoms with van der Waals surface area (Å²) in [6, 6.07) is 44.2. The van der Waals surface area contributed by atoms with E-state index in [1.807, 2.05) is 115 Å². The predicted molar refractivity (Wildman–Crippen MR) is 226 cm³/mol. The molecule has 1 aromatic heterocycles. The van der Waals surface area contributed by atoms with Gasteiger partial charge in [-0.2, -0.15) is 0 Å². The summed E-state index contributed by atoms with van der Waals surface area (Å²) < 4.78 is 19.7. The lowest BCUT2D eigenvalue weighted by Crippen LogP contribution is -2.31. The Morgan fingerprint density at radius 1 is 0.707 bits per heavy atom. The van der Waals surface area contributed by atoms with Crippen LogP contribution < -0.4 is 5.32 Å². The summed E-state index contributed by atoms with van der Waals surface area (Å²) >= 11 is 1.53. The maximum absolute atomic E-state index is 12.6. The highest BCUT2D eigenvalue weighted by Gasteiger charge is 2.33.